The standard InChI is InChI=1S/C18H22N4O3S/c1-21-17(19-20-18(21)26-2)13-5-7-22(8-6-13)16(23)10-12-3-4-14-15(9-12)25-11-24-14/h3-4,9,13H,5-8,10-11H2,1-2H3. The van der Waals surface area contributed by atoms with Gasteiger partial charge in [-0.1, -0.05) is 17.8 Å². The topological polar surface area (TPSA) is 69.5 Å². The lowest BCUT2D eigenvalue weighted by atomic mass is 9.95. The summed E-state index contributed by atoms with van der Waals surface area (Å²) >= 11 is 1.60. The number of ether oxygens (including phenoxy) is 2. The van der Waals surface area contributed by atoms with Crippen molar-refractivity contribution >= 4 is 17.7 Å². The number of fused-ring (bicyclic) bond motifs is 1. The van der Waals surface area contributed by atoms with Gasteiger partial charge in [-0.25, -0.2) is 0 Å². The van der Waals surface area contributed by atoms with E-state index in [4.69, 9.17) is 9.47 Å². The molecule has 8 heteroatoms. The summed E-state index contributed by atoms with van der Waals surface area (Å²) in [7, 11) is 2.01. The van der Waals surface area contributed by atoms with Crippen LogP contribution in [0.2, 0.25) is 0 Å². The van der Waals surface area contributed by atoms with Crippen LogP contribution in [0.1, 0.15) is 30.1 Å². The number of carbonyl (C=O) groups excluding carboxylic acids is 1. The van der Waals surface area contributed by atoms with Crippen molar-refractivity contribution in [3.05, 3.63) is 29.6 Å². The monoisotopic (exact) mass is 374 g/mol. The Bertz CT molecular complexity index is 815. The Kier molecular flexibility index (Phi) is 4.76. The predicted octanol–water partition coefficient (Wildman–Crippen LogP) is 2.21. The third-order valence-electron chi connectivity index (χ3n) is 5.06. The van der Waals surface area contributed by atoms with Gasteiger partial charge in [-0.2, -0.15) is 0 Å². The molecule has 0 unspecified atom stereocenters. The van der Waals surface area contributed by atoms with Crippen LogP contribution in [0.5, 0.6) is 11.5 Å². The first-order valence-corrected chi connectivity index (χ1v) is 9.97. The zero-order valence-electron chi connectivity index (χ0n) is 15.0. The van der Waals surface area contributed by atoms with Crippen LogP contribution in [0.3, 0.4) is 0 Å². The van der Waals surface area contributed by atoms with Crippen molar-refractivity contribution in [2.75, 3.05) is 26.1 Å². The van der Waals surface area contributed by atoms with Crippen molar-refractivity contribution in [2.24, 2.45) is 7.05 Å². The Labute approximate surface area is 156 Å². The summed E-state index contributed by atoms with van der Waals surface area (Å²) in [5, 5.41) is 9.50. The molecule has 1 saturated heterocycles. The fraction of sp³-hybridized carbons (Fsp3) is 0.500. The lowest BCUT2D eigenvalue weighted by Gasteiger charge is -2.31. The number of hydrogen-bond acceptors (Lipinski definition) is 6. The van der Waals surface area contributed by atoms with Crippen LogP contribution in [-0.4, -0.2) is 51.7 Å². The fourth-order valence-corrected chi connectivity index (χ4v) is 4.07. The number of amides is 1. The lowest BCUT2D eigenvalue weighted by Crippen LogP contribution is -2.39. The highest BCUT2D eigenvalue weighted by molar-refractivity contribution is 7.98. The van der Waals surface area contributed by atoms with Crippen LogP contribution >= 0.6 is 11.8 Å². The molecule has 1 amide bonds. The van der Waals surface area contributed by atoms with Crippen molar-refractivity contribution < 1.29 is 14.3 Å². The van der Waals surface area contributed by atoms with Crippen LogP contribution in [-0.2, 0) is 18.3 Å². The van der Waals surface area contributed by atoms with Gasteiger partial charge in [0.15, 0.2) is 16.7 Å². The van der Waals surface area contributed by atoms with E-state index < -0.39 is 0 Å². The van der Waals surface area contributed by atoms with Crippen LogP contribution < -0.4 is 9.47 Å². The molecule has 2 aliphatic heterocycles. The summed E-state index contributed by atoms with van der Waals surface area (Å²) in [6.07, 6.45) is 4.24. The zero-order chi connectivity index (χ0) is 18.1. The van der Waals surface area contributed by atoms with Gasteiger partial charge >= 0.3 is 0 Å². The number of likely N-dealkylation sites (tertiary alicyclic amines) is 1. The molecule has 2 aromatic rings. The van der Waals surface area contributed by atoms with E-state index in [0.717, 1.165) is 54.0 Å². The third-order valence-corrected chi connectivity index (χ3v) is 5.78. The normalized spacial score (nSPS) is 16.9. The summed E-state index contributed by atoms with van der Waals surface area (Å²) < 4.78 is 12.8. The first kappa shape index (κ1) is 17.2. The van der Waals surface area contributed by atoms with Crippen LogP contribution in [0.25, 0.3) is 0 Å². The number of benzene rings is 1. The number of rotatable bonds is 4. The Morgan fingerprint density at radius 2 is 2.00 bits per heavy atom. The molecular weight excluding hydrogens is 352 g/mol. The molecule has 1 aromatic carbocycles. The Hall–Kier alpha value is -2.22. The SMILES string of the molecule is CSc1nnc(C2CCN(C(=O)Cc3ccc4c(c3)OCO4)CC2)n1C. The first-order valence-electron chi connectivity index (χ1n) is 8.75. The highest BCUT2D eigenvalue weighted by Gasteiger charge is 2.27. The summed E-state index contributed by atoms with van der Waals surface area (Å²) in [4.78, 5) is 14.6. The average molecular weight is 374 g/mol. The van der Waals surface area contributed by atoms with E-state index in [-0.39, 0.29) is 12.7 Å². The first-order chi connectivity index (χ1) is 12.7. The van der Waals surface area contributed by atoms with Crippen molar-refractivity contribution in [2.45, 2.75) is 30.3 Å². The Balaban J connectivity index is 1.35. The number of aromatic nitrogens is 3. The number of piperidine rings is 1. The van der Waals surface area contributed by atoms with Gasteiger partial charge in [-0.15, -0.1) is 10.2 Å². The molecule has 4 rings (SSSR count). The highest BCUT2D eigenvalue weighted by atomic mass is 32.2. The minimum Gasteiger partial charge on any atom is -0.454 e. The molecule has 1 aromatic heterocycles. The molecule has 138 valence electrons. The molecule has 0 N–H and O–H groups in total. The molecule has 2 aliphatic rings. The molecule has 0 radical (unpaired) electrons. The van der Waals surface area contributed by atoms with Crippen molar-refractivity contribution in [3.63, 3.8) is 0 Å². The highest BCUT2D eigenvalue weighted by Crippen LogP contribution is 2.33. The molecule has 0 aliphatic carbocycles. The number of hydrogen-bond donors (Lipinski definition) is 0. The molecule has 0 atom stereocenters. The fourth-order valence-electron chi connectivity index (χ4n) is 3.58. The number of carbonyl (C=O) groups is 1. The molecule has 0 bridgehead atoms. The molecule has 26 heavy (non-hydrogen) atoms. The van der Waals surface area contributed by atoms with Crippen LogP contribution in [0.4, 0.5) is 0 Å². The van der Waals surface area contributed by atoms with Gasteiger partial charge in [0.05, 0.1) is 6.42 Å². The van der Waals surface area contributed by atoms with Gasteiger partial charge in [0.25, 0.3) is 0 Å². The number of thioether (sulfide) groups is 1. The predicted molar refractivity (Wildman–Crippen MR) is 97.6 cm³/mol. The van der Waals surface area contributed by atoms with E-state index >= 15 is 0 Å². The second-order valence-electron chi connectivity index (χ2n) is 6.62. The largest absolute Gasteiger partial charge is 0.454 e. The summed E-state index contributed by atoms with van der Waals surface area (Å²) in [6, 6.07) is 5.70. The van der Waals surface area contributed by atoms with E-state index in [9.17, 15) is 4.79 Å². The van der Waals surface area contributed by atoms with Crippen LogP contribution in [0, 0.1) is 0 Å². The van der Waals surface area contributed by atoms with E-state index in [2.05, 4.69) is 14.8 Å². The van der Waals surface area contributed by atoms with Gasteiger partial charge in [-0.3, -0.25) is 4.79 Å². The maximum atomic E-state index is 12.6. The Morgan fingerprint density at radius 3 is 2.73 bits per heavy atom. The molecule has 7 nitrogen and oxygen atoms in total. The van der Waals surface area contributed by atoms with Crippen molar-refractivity contribution in [1.29, 1.82) is 0 Å². The van der Waals surface area contributed by atoms with Gasteiger partial charge in [0.2, 0.25) is 12.7 Å². The summed E-state index contributed by atoms with van der Waals surface area (Å²) in [5.74, 6) is 3.02. The molecule has 0 spiro atoms. The van der Waals surface area contributed by atoms with E-state index in [1.54, 1.807) is 11.8 Å². The average Bonchev–Trinajstić information content (AvgIpc) is 3.27. The van der Waals surface area contributed by atoms with E-state index in [0.29, 0.717) is 12.3 Å². The van der Waals surface area contributed by atoms with E-state index in [1.807, 2.05) is 36.4 Å². The van der Waals surface area contributed by atoms with Gasteiger partial charge in [0.1, 0.15) is 5.82 Å². The maximum absolute atomic E-state index is 12.6. The van der Waals surface area contributed by atoms with Gasteiger partial charge in [-0.05, 0) is 36.8 Å². The quantitative estimate of drug-likeness (QED) is 0.765. The maximum Gasteiger partial charge on any atom is 0.231 e. The summed E-state index contributed by atoms with van der Waals surface area (Å²) in [5.41, 5.74) is 0.958. The molecule has 3 heterocycles. The van der Waals surface area contributed by atoms with Crippen molar-refractivity contribution in [3.8, 4) is 11.5 Å². The zero-order valence-corrected chi connectivity index (χ0v) is 15.8. The van der Waals surface area contributed by atoms with E-state index in [1.165, 1.54) is 0 Å². The van der Waals surface area contributed by atoms with Gasteiger partial charge in [0, 0.05) is 26.1 Å². The minimum absolute atomic E-state index is 0.157. The van der Waals surface area contributed by atoms with Crippen LogP contribution in [0.15, 0.2) is 23.4 Å². The van der Waals surface area contributed by atoms with Crippen molar-refractivity contribution in [1.82, 2.24) is 19.7 Å². The Morgan fingerprint density at radius 1 is 1.23 bits per heavy atom. The second-order valence-corrected chi connectivity index (χ2v) is 7.40. The third kappa shape index (κ3) is 3.25. The van der Waals surface area contributed by atoms with Gasteiger partial charge < -0.3 is 18.9 Å². The molecule has 0 saturated carbocycles. The molecule has 1 fully saturated rings. The lowest BCUT2D eigenvalue weighted by molar-refractivity contribution is -0.131. The summed E-state index contributed by atoms with van der Waals surface area (Å²) in [6.45, 7) is 1.77. The second kappa shape index (κ2) is 7.19. The smallest absolute Gasteiger partial charge is 0.231 e. The molecular formula is C18H22N4O3S. The number of nitrogens with zero attached hydrogens (tertiary/aromatic N) is 4. The minimum atomic E-state index is 0.157.